The maximum absolute atomic E-state index is 14.4. The lowest BCUT2D eigenvalue weighted by Crippen LogP contribution is -2.44. The summed E-state index contributed by atoms with van der Waals surface area (Å²) in [6.45, 7) is 3.13. The summed E-state index contributed by atoms with van der Waals surface area (Å²) in [5, 5.41) is 0. The van der Waals surface area contributed by atoms with Crippen LogP contribution in [0.4, 0.5) is 23.2 Å². The maximum atomic E-state index is 14.4. The van der Waals surface area contributed by atoms with Crippen LogP contribution in [0.2, 0.25) is 0 Å². The Balaban J connectivity index is 1.74. The summed E-state index contributed by atoms with van der Waals surface area (Å²) < 4.78 is 60.4. The van der Waals surface area contributed by atoms with Crippen molar-refractivity contribution in [1.29, 1.82) is 0 Å². The number of allylic oxidation sites excluding steroid dienone is 1. The smallest absolute Gasteiger partial charge is 0.417 e. The van der Waals surface area contributed by atoms with Crippen molar-refractivity contribution >= 4 is 17.5 Å². The van der Waals surface area contributed by atoms with E-state index < -0.39 is 23.3 Å². The molecule has 0 spiro atoms. The van der Waals surface area contributed by atoms with E-state index in [4.69, 9.17) is 4.74 Å². The van der Waals surface area contributed by atoms with E-state index in [1.165, 1.54) is 37.5 Å². The highest BCUT2D eigenvalue weighted by Crippen LogP contribution is 2.38. The second-order valence-electron chi connectivity index (χ2n) is 8.65. The lowest BCUT2D eigenvalue weighted by molar-refractivity contribution is -0.137. The van der Waals surface area contributed by atoms with E-state index in [1.54, 1.807) is 30.3 Å². The van der Waals surface area contributed by atoms with Crippen molar-refractivity contribution in [3.05, 3.63) is 89.2 Å². The monoisotopic (exact) mass is 498 g/mol. The first-order valence-electron chi connectivity index (χ1n) is 11.5. The lowest BCUT2D eigenvalue weighted by atomic mass is 9.96. The Labute approximate surface area is 207 Å². The van der Waals surface area contributed by atoms with Gasteiger partial charge in [0.25, 0.3) is 0 Å². The van der Waals surface area contributed by atoms with Gasteiger partial charge in [-0.25, -0.2) is 4.39 Å². The van der Waals surface area contributed by atoms with Gasteiger partial charge in [0.2, 0.25) is 0 Å². The van der Waals surface area contributed by atoms with Gasteiger partial charge in [-0.1, -0.05) is 24.3 Å². The van der Waals surface area contributed by atoms with E-state index in [0.29, 0.717) is 16.9 Å². The molecule has 0 unspecified atom stereocenters. The highest BCUT2D eigenvalue weighted by Gasteiger charge is 2.33. The summed E-state index contributed by atoms with van der Waals surface area (Å²) in [6.07, 6.45) is -1.72. The van der Waals surface area contributed by atoms with Gasteiger partial charge in [-0.3, -0.25) is 4.79 Å². The van der Waals surface area contributed by atoms with Crippen LogP contribution in [0, 0.1) is 5.82 Å². The van der Waals surface area contributed by atoms with Crippen molar-refractivity contribution in [3.63, 3.8) is 0 Å². The number of ether oxygens (including phenoxy) is 1. The van der Waals surface area contributed by atoms with Gasteiger partial charge in [0.1, 0.15) is 11.6 Å². The number of hydrogen-bond donors (Lipinski definition) is 0. The van der Waals surface area contributed by atoms with Crippen LogP contribution < -0.4 is 9.64 Å². The fourth-order valence-corrected chi connectivity index (χ4v) is 4.25. The number of ketones is 1. The molecule has 0 atom stereocenters. The van der Waals surface area contributed by atoms with Gasteiger partial charge in [-0.05, 0) is 66.2 Å². The minimum absolute atomic E-state index is 0.0529. The third-order valence-corrected chi connectivity index (χ3v) is 6.27. The molecule has 3 aromatic carbocycles. The van der Waals surface area contributed by atoms with Crippen molar-refractivity contribution in [3.8, 4) is 16.9 Å². The summed E-state index contributed by atoms with van der Waals surface area (Å²) >= 11 is 0. The molecule has 0 amide bonds. The molecule has 36 heavy (non-hydrogen) atoms. The molecular weight excluding hydrogens is 472 g/mol. The molecule has 0 radical (unpaired) electrons. The molecule has 1 fully saturated rings. The molecule has 8 heteroatoms. The number of anilines is 1. The molecule has 3 aromatic rings. The van der Waals surface area contributed by atoms with E-state index in [2.05, 4.69) is 9.80 Å². The first-order chi connectivity index (χ1) is 17.2. The number of alkyl halides is 3. The summed E-state index contributed by atoms with van der Waals surface area (Å²) in [5.41, 5.74) is 0.961. The van der Waals surface area contributed by atoms with Crippen LogP contribution in [0.25, 0.3) is 17.2 Å². The molecule has 1 aliphatic rings. The Hall–Kier alpha value is -3.65. The van der Waals surface area contributed by atoms with Crippen LogP contribution in [-0.2, 0) is 6.18 Å². The molecule has 1 heterocycles. The molecule has 0 N–H and O–H groups in total. The van der Waals surface area contributed by atoms with Crippen LogP contribution in [0.15, 0.2) is 66.7 Å². The minimum atomic E-state index is -4.51. The van der Waals surface area contributed by atoms with E-state index in [0.717, 1.165) is 44.0 Å². The molecule has 0 aromatic heterocycles. The second kappa shape index (κ2) is 10.5. The first kappa shape index (κ1) is 25.4. The zero-order valence-corrected chi connectivity index (χ0v) is 20.0. The van der Waals surface area contributed by atoms with Gasteiger partial charge in [-0.2, -0.15) is 13.2 Å². The Kier molecular flexibility index (Phi) is 7.45. The van der Waals surface area contributed by atoms with Gasteiger partial charge < -0.3 is 14.5 Å². The number of piperazine rings is 1. The number of likely N-dealkylation sites (N-methyl/N-ethyl adjacent to an activating group) is 1. The number of rotatable bonds is 6. The van der Waals surface area contributed by atoms with Crippen LogP contribution in [-0.4, -0.2) is 51.0 Å². The highest BCUT2D eigenvalue weighted by atomic mass is 19.4. The number of nitrogens with zero attached hydrogens (tertiary/aromatic N) is 2. The van der Waals surface area contributed by atoms with Gasteiger partial charge in [-0.15, -0.1) is 0 Å². The number of benzene rings is 3. The van der Waals surface area contributed by atoms with E-state index in [1.807, 2.05) is 7.05 Å². The average molecular weight is 499 g/mol. The van der Waals surface area contributed by atoms with E-state index in [9.17, 15) is 22.4 Å². The molecule has 0 bridgehead atoms. The van der Waals surface area contributed by atoms with Crippen molar-refractivity contribution in [2.24, 2.45) is 0 Å². The van der Waals surface area contributed by atoms with Crippen LogP contribution >= 0.6 is 0 Å². The van der Waals surface area contributed by atoms with Crippen LogP contribution in [0.5, 0.6) is 5.75 Å². The molecule has 0 aliphatic carbocycles. The zero-order chi connectivity index (χ0) is 25.9. The quantitative estimate of drug-likeness (QED) is 0.231. The summed E-state index contributed by atoms with van der Waals surface area (Å²) in [5.74, 6) is -0.974. The van der Waals surface area contributed by atoms with Gasteiger partial charge >= 0.3 is 6.18 Å². The Morgan fingerprint density at radius 3 is 2.36 bits per heavy atom. The molecule has 188 valence electrons. The lowest BCUT2D eigenvalue weighted by Gasteiger charge is -2.35. The SMILES string of the molecule is COc1ccc(C(=O)/C=C/c2cc(-c3ccccc3C(F)(F)F)ccc2N2CCN(C)CC2)c(F)c1. The molecule has 1 aliphatic heterocycles. The third kappa shape index (κ3) is 5.60. The Bertz CT molecular complexity index is 1280. The normalized spacial score (nSPS) is 14.9. The van der Waals surface area contributed by atoms with Crippen molar-refractivity contribution in [1.82, 2.24) is 4.90 Å². The summed E-state index contributed by atoms with van der Waals surface area (Å²) in [6, 6.07) is 14.5. The summed E-state index contributed by atoms with van der Waals surface area (Å²) in [7, 11) is 3.43. The fourth-order valence-electron chi connectivity index (χ4n) is 4.25. The number of carbonyl (C=O) groups is 1. The van der Waals surface area contributed by atoms with Gasteiger partial charge in [0.05, 0.1) is 18.2 Å². The zero-order valence-electron chi connectivity index (χ0n) is 20.0. The standard InChI is InChI=1S/C28H26F4N2O2/c1-33-13-15-34(16-14-33)26-11-7-19(22-5-3-4-6-24(22)28(30,31)32)17-20(26)8-12-27(35)23-10-9-21(36-2)18-25(23)29/h3-12,17-18H,13-16H2,1-2H3/b12-8+. The molecule has 4 nitrogen and oxygen atoms in total. The predicted molar refractivity (Wildman–Crippen MR) is 133 cm³/mol. The fraction of sp³-hybridized carbons (Fsp3) is 0.250. The van der Waals surface area contributed by atoms with Crippen molar-refractivity contribution in [2.45, 2.75) is 6.18 Å². The summed E-state index contributed by atoms with van der Waals surface area (Å²) in [4.78, 5) is 17.1. The second-order valence-corrected chi connectivity index (χ2v) is 8.65. The van der Waals surface area contributed by atoms with Gasteiger partial charge in [0.15, 0.2) is 5.78 Å². The van der Waals surface area contributed by atoms with E-state index in [-0.39, 0.29) is 11.1 Å². The van der Waals surface area contributed by atoms with Crippen molar-refractivity contribution in [2.75, 3.05) is 45.2 Å². The van der Waals surface area contributed by atoms with Gasteiger partial charge in [0, 0.05) is 37.9 Å². The molecule has 0 saturated carbocycles. The molecule has 1 saturated heterocycles. The molecule has 4 rings (SSSR count). The Morgan fingerprint density at radius 2 is 1.69 bits per heavy atom. The Morgan fingerprint density at radius 1 is 0.972 bits per heavy atom. The average Bonchev–Trinajstić information content (AvgIpc) is 2.87. The van der Waals surface area contributed by atoms with Crippen LogP contribution in [0.3, 0.4) is 0 Å². The predicted octanol–water partition coefficient (Wildman–Crippen LogP) is 6.17. The topological polar surface area (TPSA) is 32.8 Å². The number of hydrogen-bond acceptors (Lipinski definition) is 4. The highest BCUT2D eigenvalue weighted by molar-refractivity contribution is 6.07. The third-order valence-electron chi connectivity index (χ3n) is 6.27. The largest absolute Gasteiger partial charge is 0.497 e. The maximum Gasteiger partial charge on any atom is 0.417 e. The number of halogens is 4. The van der Waals surface area contributed by atoms with Crippen molar-refractivity contribution < 1.29 is 27.1 Å². The first-order valence-corrected chi connectivity index (χ1v) is 11.5. The molecular formula is C28H26F4N2O2. The van der Waals surface area contributed by atoms with Crippen LogP contribution in [0.1, 0.15) is 21.5 Å². The minimum Gasteiger partial charge on any atom is -0.497 e. The number of methoxy groups -OCH3 is 1. The van der Waals surface area contributed by atoms with E-state index >= 15 is 0 Å². The number of carbonyl (C=O) groups excluding carboxylic acids is 1.